The monoisotopic (exact) mass is 216 g/mol. The lowest BCUT2D eigenvalue weighted by molar-refractivity contribution is 0.912. The van der Waals surface area contributed by atoms with Gasteiger partial charge in [-0.05, 0) is 48.9 Å². The maximum Gasteiger partial charge on any atom is 0.211 e. The molecule has 4 nitrogen and oxygen atoms in total. The molecular weight excluding hydrogens is 200 g/mol. The van der Waals surface area contributed by atoms with Crippen LogP contribution in [0.3, 0.4) is 0 Å². The van der Waals surface area contributed by atoms with Gasteiger partial charge in [0.05, 0.1) is 5.71 Å². The van der Waals surface area contributed by atoms with Crippen LogP contribution in [0.2, 0.25) is 0 Å². The maximum absolute atomic E-state index is 5.23. The van der Waals surface area contributed by atoms with Crippen LogP contribution in [0.15, 0.2) is 28.4 Å². The predicted molar refractivity (Wildman–Crippen MR) is 66.5 cm³/mol. The Labute approximate surface area is 95.1 Å². The molecule has 0 radical (unpaired) electrons. The molecule has 1 aliphatic carbocycles. The Morgan fingerprint density at radius 1 is 1.12 bits per heavy atom. The van der Waals surface area contributed by atoms with Gasteiger partial charge in [-0.1, -0.05) is 12.1 Å². The fourth-order valence-corrected chi connectivity index (χ4v) is 1.99. The molecule has 0 aromatic heterocycles. The van der Waals surface area contributed by atoms with Crippen LogP contribution in [0, 0.1) is 0 Å². The highest BCUT2D eigenvalue weighted by Crippen LogP contribution is 2.23. The average Bonchev–Trinajstić information content (AvgIpc) is 2.72. The van der Waals surface area contributed by atoms with Crippen LogP contribution in [0.25, 0.3) is 0 Å². The lowest BCUT2D eigenvalue weighted by atomic mass is 10.0. The third kappa shape index (κ3) is 2.21. The van der Waals surface area contributed by atoms with Crippen molar-refractivity contribution in [2.45, 2.75) is 26.2 Å². The largest absolute Gasteiger partial charge is 0.369 e. The van der Waals surface area contributed by atoms with E-state index < -0.39 is 0 Å². The molecule has 84 valence electrons. The quantitative estimate of drug-likeness (QED) is 0.442. The Morgan fingerprint density at radius 2 is 1.88 bits per heavy atom. The standard InChI is InChI=1S/C12H16N4/c1-8(15-16-12(13)14)10-6-5-9-3-2-4-11(9)7-10/h5-7H,2-4H2,1H3,(H4,13,14,16)/b15-8-. The first kappa shape index (κ1) is 10.7. The summed E-state index contributed by atoms with van der Waals surface area (Å²) in [6.07, 6.45) is 3.61. The van der Waals surface area contributed by atoms with E-state index in [9.17, 15) is 0 Å². The first-order valence-electron chi connectivity index (χ1n) is 5.42. The smallest absolute Gasteiger partial charge is 0.211 e. The molecule has 4 N–H and O–H groups in total. The van der Waals surface area contributed by atoms with E-state index in [1.54, 1.807) is 0 Å². The molecule has 1 aromatic rings. The van der Waals surface area contributed by atoms with E-state index in [1.165, 1.54) is 30.4 Å². The van der Waals surface area contributed by atoms with Crippen LogP contribution in [0.5, 0.6) is 0 Å². The van der Waals surface area contributed by atoms with Crippen molar-refractivity contribution in [1.29, 1.82) is 0 Å². The van der Waals surface area contributed by atoms with Crippen molar-refractivity contribution in [2.75, 3.05) is 0 Å². The van der Waals surface area contributed by atoms with Crippen molar-refractivity contribution in [3.05, 3.63) is 34.9 Å². The minimum absolute atomic E-state index is 0.0134. The summed E-state index contributed by atoms with van der Waals surface area (Å²) in [6, 6.07) is 6.43. The maximum atomic E-state index is 5.23. The van der Waals surface area contributed by atoms with E-state index >= 15 is 0 Å². The summed E-state index contributed by atoms with van der Waals surface area (Å²) in [7, 11) is 0. The molecule has 0 unspecified atom stereocenters. The molecular formula is C12H16N4. The van der Waals surface area contributed by atoms with E-state index in [-0.39, 0.29) is 5.96 Å². The van der Waals surface area contributed by atoms with Crippen LogP contribution in [-0.4, -0.2) is 11.7 Å². The summed E-state index contributed by atoms with van der Waals surface area (Å²) in [6.45, 7) is 1.91. The van der Waals surface area contributed by atoms with Crippen LogP contribution in [0.1, 0.15) is 30.0 Å². The highest BCUT2D eigenvalue weighted by Gasteiger charge is 2.11. The zero-order valence-electron chi connectivity index (χ0n) is 9.40. The fourth-order valence-electron chi connectivity index (χ4n) is 1.99. The van der Waals surface area contributed by atoms with E-state index in [1.807, 2.05) is 6.92 Å². The molecule has 0 fully saturated rings. The van der Waals surface area contributed by atoms with E-state index in [2.05, 4.69) is 28.4 Å². The lowest BCUT2D eigenvalue weighted by Gasteiger charge is -2.03. The molecule has 0 saturated carbocycles. The zero-order chi connectivity index (χ0) is 11.5. The van der Waals surface area contributed by atoms with Gasteiger partial charge in [-0.25, -0.2) is 0 Å². The molecule has 0 heterocycles. The number of rotatable bonds is 2. The minimum atomic E-state index is -0.0134. The van der Waals surface area contributed by atoms with Gasteiger partial charge in [0.1, 0.15) is 0 Å². The number of benzene rings is 1. The van der Waals surface area contributed by atoms with Gasteiger partial charge in [0, 0.05) is 0 Å². The Morgan fingerprint density at radius 3 is 2.62 bits per heavy atom. The second-order valence-electron chi connectivity index (χ2n) is 4.05. The number of hydrogen-bond acceptors (Lipinski definition) is 2. The number of nitrogens with zero attached hydrogens (tertiary/aromatic N) is 2. The Kier molecular flexibility index (Phi) is 2.90. The molecule has 1 aromatic carbocycles. The summed E-state index contributed by atoms with van der Waals surface area (Å²) in [5.74, 6) is -0.0134. The molecule has 0 bridgehead atoms. The minimum Gasteiger partial charge on any atom is -0.369 e. The number of aryl methyl sites for hydroxylation is 2. The zero-order valence-corrected chi connectivity index (χ0v) is 9.40. The highest BCUT2D eigenvalue weighted by atomic mass is 15.3. The van der Waals surface area contributed by atoms with Crippen molar-refractivity contribution in [3.63, 3.8) is 0 Å². The second kappa shape index (κ2) is 4.35. The summed E-state index contributed by atoms with van der Waals surface area (Å²) in [5.41, 5.74) is 15.3. The molecule has 2 rings (SSSR count). The lowest BCUT2D eigenvalue weighted by Crippen LogP contribution is -2.22. The molecule has 0 atom stereocenters. The van der Waals surface area contributed by atoms with E-state index in [0.717, 1.165) is 11.3 Å². The van der Waals surface area contributed by atoms with Gasteiger partial charge >= 0.3 is 0 Å². The summed E-state index contributed by atoms with van der Waals surface area (Å²) in [4.78, 5) is 0. The third-order valence-electron chi connectivity index (χ3n) is 2.83. The first-order valence-corrected chi connectivity index (χ1v) is 5.42. The van der Waals surface area contributed by atoms with E-state index in [4.69, 9.17) is 11.5 Å². The van der Waals surface area contributed by atoms with Gasteiger partial charge in [-0.15, -0.1) is 5.10 Å². The van der Waals surface area contributed by atoms with Gasteiger partial charge in [-0.2, -0.15) is 5.10 Å². The molecule has 4 heteroatoms. The predicted octanol–water partition coefficient (Wildman–Crippen LogP) is 1.17. The number of guanidine groups is 1. The first-order chi connectivity index (χ1) is 7.66. The molecule has 0 amide bonds. The van der Waals surface area contributed by atoms with E-state index in [0.29, 0.717) is 0 Å². The number of hydrogen-bond donors (Lipinski definition) is 2. The van der Waals surface area contributed by atoms with Gasteiger partial charge in [0.2, 0.25) is 5.96 Å². The van der Waals surface area contributed by atoms with Crippen LogP contribution in [-0.2, 0) is 12.8 Å². The summed E-state index contributed by atoms with van der Waals surface area (Å²) < 4.78 is 0. The van der Waals surface area contributed by atoms with Crippen molar-refractivity contribution in [1.82, 2.24) is 0 Å². The highest BCUT2D eigenvalue weighted by molar-refractivity contribution is 5.99. The summed E-state index contributed by atoms with van der Waals surface area (Å²) >= 11 is 0. The Balaban J connectivity index is 2.28. The van der Waals surface area contributed by atoms with Crippen molar-refractivity contribution < 1.29 is 0 Å². The van der Waals surface area contributed by atoms with Crippen LogP contribution < -0.4 is 11.5 Å². The molecule has 1 aliphatic rings. The number of fused-ring (bicyclic) bond motifs is 1. The molecule has 0 spiro atoms. The van der Waals surface area contributed by atoms with Gasteiger partial charge in [0.15, 0.2) is 0 Å². The fraction of sp³-hybridized carbons (Fsp3) is 0.333. The topological polar surface area (TPSA) is 76.8 Å². The van der Waals surface area contributed by atoms with Crippen LogP contribution >= 0.6 is 0 Å². The Hall–Kier alpha value is -1.84. The van der Waals surface area contributed by atoms with Crippen molar-refractivity contribution >= 4 is 11.7 Å². The molecule has 16 heavy (non-hydrogen) atoms. The summed E-state index contributed by atoms with van der Waals surface area (Å²) in [5, 5.41) is 7.63. The van der Waals surface area contributed by atoms with Gasteiger partial charge in [0.25, 0.3) is 0 Å². The third-order valence-corrected chi connectivity index (χ3v) is 2.83. The van der Waals surface area contributed by atoms with Crippen LogP contribution in [0.4, 0.5) is 0 Å². The Bertz CT molecular complexity index is 456. The van der Waals surface area contributed by atoms with Gasteiger partial charge < -0.3 is 11.5 Å². The normalized spacial score (nSPS) is 14.7. The average molecular weight is 216 g/mol. The number of nitrogens with two attached hydrogens (primary N) is 2. The molecule has 0 aliphatic heterocycles. The van der Waals surface area contributed by atoms with Crippen molar-refractivity contribution in [3.8, 4) is 0 Å². The second-order valence-corrected chi connectivity index (χ2v) is 4.05. The van der Waals surface area contributed by atoms with Gasteiger partial charge in [-0.3, -0.25) is 0 Å². The SMILES string of the molecule is C/C(=N/N=C(N)N)c1ccc2c(c1)CCC2. The van der Waals surface area contributed by atoms with Crippen molar-refractivity contribution in [2.24, 2.45) is 21.7 Å². The molecule has 0 saturated heterocycles.